The van der Waals surface area contributed by atoms with Gasteiger partial charge < -0.3 is 20.7 Å². The number of aliphatic carboxylic acids is 1. The van der Waals surface area contributed by atoms with E-state index in [0.717, 1.165) is 6.20 Å². The second-order valence-corrected chi connectivity index (χ2v) is 4.65. The average Bonchev–Trinajstić information content (AvgIpc) is 2.79. The number of nitrogens with two attached hydrogens (primary N) is 1. The third-order valence-corrected chi connectivity index (χ3v) is 3.39. The molecular weight excluding hydrogens is 281 g/mol. The van der Waals surface area contributed by atoms with Crippen molar-refractivity contribution in [1.29, 1.82) is 0 Å². The Morgan fingerprint density at radius 3 is 2.89 bits per heavy atom. The van der Waals surface area contributed by atoms with Crippen LogP contribution in [0.4, 0.5) is 10.2 Å². The first kappa shape index (κ1) is 13.4. The zero-order chi connectivity index (χ0) is 14.2. The second kappa shape index (κ2) is 4.55. The van der Waals surface area contributed by atoms with Gasteiger partial charge >= 0.3 is 11.7 Å². The Hall–Kier alpha value is -2.07. The molecule has 0 fully saturated rings. The van der Waals surface area contributed by atoms with Crippen LogP contribution in [0.2, 0.25) is 0 Å². The predicted molar refractivity (Wildman–Crippen MR) is 63.3 cm³/mol. The number of anilines is 1. The number of ether oxygens (including phenoxy) is 1. The van der Waals surface area contributed by atoms with Crippen LogP contribution in [0.3, 0.4) is 0 Å². The van der Waals surface area contributed by atoms with Gasteiger partial charge in [-0.05, 0) is 0 Å². The normalized spacial score (nSPS) is 21.9. The van der Waals surface area contributed by atoms with Crippen molar-refractivity contribution in [3.8, 4) is 0 Å². The molecule has 0 aromatic carbocycles. The molecule has 0 amide bonds. The Kier molecular flexibility index (Phi) is 3.20. The second-order valence-electron chi connectivity index (χ2n) is 3.52. The van der Waals surface area contributed by atoms with Gasteiger partial charge in [0.05, 0.1) is 6.20 Å². The van der Waals surface area contributed by atoms with E-state index in [0.29, 0.717) is 16.3 Å². The number of nitrogen functional groups attached to an aromatic ring is 1. The Balaban J connectivity index is 2.39. The zero-order valence-electron chi connectivity index (χ0n) is 9.24. The summed E-state index contributed by atoms with van der Waals surface area (Å²) < 4.78 is 18.9. The van der Waals surface area contributed by atoms with E-state index < -0.39 is 34.8 Å². The maximum atomic E-state index is 13.2. The number of aliphatic hydroxyl groups is 1. The van der Waals surface area contributed by atoms with Gasteiger partial charge in [0.1, 0.15) is 6.61 Å². The van der Waals surface area contributed by atoms with Gasteiger partial charge in [0, 0.05) is 5.41 Å². The summed E-state index contributed by atoms with van der Waals surface area (Å²) in [6, 6.07) is 0. The smallest absolute Gasteiger partial charge is 0.361 e. The summed E-state index contributed by atoms with van der Waals surface area (Å²) in [5.74, 6) is -3.20. The minimum Gasteiger partial charge on any atom is -0.478 e. The molecule has 102 valence electrons. The van der Waals surface area contributed by atoms with Crippen LogP contribution in [0.1, 0.15) is 0 Å². The summed E-state index contributed by atoms with van der Waals surface area (Å²) in [7, 11) is 0. The third-order valence-electron chi connectivity index (χ3n) is 2.30. The van der Waals surface area contributed by atoms with Crippen LogP contribution < -0.4 is 11.4 Å². The molecule has 1 aromatic rings. The van der Waals surface area contributed by atoms with Crippen molar-refractivity contribution >= 4 is 29.4 Å². The number of aromatic nitrogens is 2. The molecule has 10 heteroatoms. The molecule has 1 aliphatic heterocycles. The van der Waals surface area contributed by atoms with Crippen LogP contribution >= 0.6 is 11.8 Å². The first-order valence-corrected chi connectivity index (χ1v) is 5.74. The third kappa shape index (κ3) is 2.15. The van der Waals surface area contributed by atoms with Gasteiger partial charge in [0.15, 0.2) is 11.6 Å². The number of thioether (sulfide) groups is 1. The molecule has 0 saturated heterocycles. The standard InChI is InChI=1S/C9H8FN3O5S/c10-4-1-13(8(17)12-6(4)11)5-2-19-9(3-14,18-5)7(15)16/h1-2,14H,3H2,(H,15,16)(H2,11,12,17). The fourth-order valence-electron chi connectivity index (χ4n) is 1.30. The largest absolute Gasteiger partial charge is 0.478 e. The number of rotatable bonds is 3. The highest BCUT2D eigenvalue weighted by molar-refractivity contribution is 8.04. The van der Waals surface area contributed by atoms with Crippen molar-refractivity contribution in [3.05, 3.63) is 27.9 Å². The molecule has 4 N–H and O–H groups in total. The lowest BCUT2D eigenvalue weighted by Crippen LogP contribution is -2.40. The minimum atomic E-state index is -1.95. The van der Waals surface area contributed by atoms with Gasteiger partial charge in [-0.2, -0.15) is 4.98 Å². The lowest BCUT2D eigenvalue weighted by Gasteiger charge is -2.21. The summed E-state index contributed by atoms with van der Waals surface area (Å²) in [5, 5.41) is 19.2. The first-order chi connectivity index (χ1) is 8.89. The Bertz CT molecular complexity index is 631. The van der Waals surface area contributed by atoms with E-state index in [1.165, 1.54) is 5.41 Å². The highest BCUT2D eigenvalue weighted by atomic mass is 32.2. The predicted octanol–water partition coefficient (Wildman–Crippen LogP) is -0.743. The molecular formula is C9H8FN3O5S. The molecule has 2 heterocycles. The summed E-state index contributed by atoms with van der Waals surface area (Å²) in [4.78, 5) is 23.8. The summed E-state index contributed by atoms with van der Waals surface area (Å²) in [5.41, 5.74) is 4.19. The highest BCUT2D eigenvalue weighted by Crippen LogP contribution is 2.39. The van der Waals surface area contributed by atoms with Crippen molar-refractivity contribution in [2.45, 2.75) is 4.93 Å². The van der Waals surface area contributed by atoms with Crippen LogP contribution in [0.25, 0.3) is 5.88 Å². The maximum absolute atomic E-state index is 13.2. The Morgan fingerprint density at radius 2 is 2.37 bits per heavy atom. The van der Waals surface area contributed by atoms with E-state index >= 15 is 0 Å². The fourth-order valence-corrected chi connectivity index (χ4v) is 2.06. The number of halogens is 1. The van der Waals surface area contributed by atoms with Crippen molar-refractivity contribution in [1.82, 2.24) is 9.55 Å². The number of aliphatic hydroxyl groups excluding tert-OH is 1. The van der Waals surface area contributed by atoms with Crippen LogP contribution in [-0.4, -0.2) is 37.3 Å². The van der Waals surface area contributed by atoms with Crippen molar-refractivity contribution < 1.29 is 24.1 Å². The molecule has 1 aliphatic rings. The van der Waals surface area contributed by atoms with E-state index in [2.05, 4.69) is 4.98 Å². The van der Waals surface area contributed by atoms with Crippen molar-refractivity contribution in [2.24, 2.45) is 0 Å². The fraction of sp³-hybridized carbons (Fsp3) is 0.222. The SMILES string of the molecule is Nc1nc(=O)n(C2=CSC(CO)(C(=O)O)O2)cc1F. The molecule has 1 aromatic heterocycles. The van der Waals surface area contributed by atoms with Gasteiger partial charge in [0.25, 0.3) is 4.93 Å². The molecule has 1 unspecified atom stereocenters. The quantitative estimate of drug-likeness (QED) is 0.663. The van der Waals surface area contributed by atoms with Gasteiger partial charge in [-0.15, -0.1) is 0 Å². The molecule has 0 saturated carbocycles. The lowest BCUT2D eigenvalue weighted by atomic mass is 10.4. The molecule has 2 rings (SSSR count). The highest BCUT2D eigenvalue weighted by Gasteiger charge is 2.46. The number of nitrogens with zero attached hydrogens (tertiary/aromatic N) is 2. The summed E-state index contributed by atoms with van der Waals surface area (Å²) in [6.07, 6.45) is 0.729. The monoisotopic (exact) mass is 289 g/mol. The number of carbonyl (C=O) groups is 1. The Morgan fingerprint density at radius 1 is 1.68 bits per heavy atom. The number of hydrogen-bond donors (Lipinski definition) is 3. The molecule has 0 radical (unpaired) electrons. The zero-order valence-corrected chi connectivity index (χ0v) is 10.1. The Labute approximate surface area is 109 Å². The molecule has 0 aliphatic carbocycles. The van der Waals surface area contributed by atoms with E-state index in [4.69, 9.17) is 20.7 Å². The summed E-state index contributed by atoms with van der Waals surface area (Å²) >= 11 is 0.645. The number of carboxylic acid groups (broad SMARTS) is 1. The van der Waals surface area contributed by atoms with Crippen LogP contribution in [0.5, 0.6) is 0 Å². The number of hydrogen-bond acceptors (Lipinski definition) is 7. The van der Waals surface area contributed by atoms with Crippen LogP contribution in [0, 0.1) is 5.82 Å². The lowest BCUT2D eigenvalue weighted by molar-refractivity contribution is -0.151. The molecule has 0 spiro atoms. The molecule has 8 nitrogen and oxygen atoms in total. The molecule has 1 atom stereocenters. The van der Waals surface area contributed by atoms with Gasteiger partial charge in [-0.25, -0.2) is 18.5 Å². The maximum Gasteiger partial charge on any atom is 0.361 e. The van der Waals surface area contributed by atoms with E-state index in [1.54, 1.807) is 0 Å². The van der Waals surface area contributed by atoms with Crippen LogP contribution in [-0.2, 0) is 9.53 Å². The summed E-state index contributed by atoms with van der Waals surface area (Å²) in [6.45, 7) is -0.827. The van der Waals surface area contributed by atoms with Crippen LogP contribution in [0.15, 0.2) is 16.4 Å². The first-order valence-electron chi connectivity index (χ1n) is 4.86. The number of carboxylic acids is 1. The topological polar surface area (TPSA) is 128 Å². The minimum absolute atomic E-state index is 0.252. The molecule has 0 bridgehead atoms. The average molecular weight is 289 g/mol. The molecule has 19 heavy (non-hydrogen) atoms. The van der Waals surface area contributed by atoms with Crippen molar-refractivity contribution in [3.63, 3.8) is 0 Å². The van der Waals surface area contributed by atoms with Gasteiger partial charge in [-0.3, -0.25) is 0 Å². The van der Waals surface area contributed by atoms with Crippen molar-refractivity contribution in [2.75, 3.05) is 12.3 Å². The van der Waals surface area contributed by atoms with Gasteiger partial charge in [-0.1, -0.05) is 11.8 Å². The van der Waals surface area contributed by atoms with E-state index in [9.17, 15) is 14.0 Å². The van der Waals surface area contributed by atoms with Gasteiger partial charge in [0.2, 0.25) is 5.88 Å². The van der Waals surface area contributed by atoms with E-state index in [-0.39, 0.29) is 5.88 Å². The van der Waals surface area contributed by atoms with E-state index in [1.807, 2.05) is 0 Å².